The van der Waals surface area contributed by atoms with Gasteiger partial charge in [0, 0.05) is 45.0 Å². The molecule has 0 aromatic heterocycles. The summed E-state index contributed by atoms with van der Waals surface area (Å²) in [6.07, 6.45) is 3.72. The number of aryl methyl sites for hydroxylation is 1. The van der Waals surface area contributed by atoms with Crippen LogP contribution in [0, 0.1) is 23.6 Å². The maximum Gasteiger partial charge on any atom is 0.148 e. The molecule has 32 heavy (non-hydrogen) atoms. The Morgan fingerprint density at radius 1 is 1.00 bits per heavy atom. The number of anilines is 2. The summed E-state index contributed by atoms with van der Waals surface area (Å²) in [7, 11) is 0. The maximum atomic E-state index is 14.6. The molecule has 0 radical (unpaired) electrons. The third kappa shape index (κ3) is 4.94. The molecule has 3 aliphatic rings. The van der Waals surface area contributed by atoms with Crippen LogP contribution in [0.2, 0.25) is 0 Å². The van der Waals surface area contributed by atoms with Crippen molar-refractivity contribution in [2.75, 3.05) is 56.2 Å². The number of unbranched alkanes of at least 4 members (excludes halogenated alkanes) is 1. The number of likely N-dealkylation sites (tertiary alicyclic amines) is 1. The summed E-state index contributed by atoms with van der Waals surface area (Å²) in [5.74, 6) is 2.18. The summed E-state index contributed by atoms with van der Waals surface area (Å²) in [4.78, 5) is 4.67. The fraction of sp³-hybridized carbons (Fsp3) is 0.556. The van der Waals surface area contributed by atoms with Gasteiger partial charge in [-0.2, -0.15) is 0 Å². The van der Waals surface area contributed by atoms with E-state index in [0.717, 1.165) is 49.6 Å². The minimum atomic E-state index is -0.139. The lowest BCUT2D eigenvalue weighted by Gasteiger charge is -2.29. The monoisotopic (exact) mass is 437 g/mol. The van der Waals surface area contributed by atoms with Crippen molar-refractivity contribution in [3.05, 3.63) is 59.4 Å². The highest BCUT2D eigenvalue weighted by Crippen LogP contribution is 2.51. The van der Waals surface area contributed by atoms with E-state index in [0.29, 0.717) is 18.9 Å². The van der Waals surface area contributed by atoms with E-state index in [9.17, 15) is 4.39 Å². The summed E-state index contributed by atoms with van der Waals surface area (Å²) in [6.45, 7) is 9.51. The van der Waals surface area contributed by atoms with Gasteiger partial charge in [-0.3, -0.25) is 4.90 Å². The first-order valence-electron chi connectivity index (χ1n) is 12.4. The third-order valence-corrected chi connectivity index (χ3v) is 7.54. The molecule has 2 aromatic carbocycles. The molecule has 2 atom stereocenters. The van der Waals surface area contributed by atoms with Gasteiger partial charge >= 0.3 is 0 Å². The van der Waals surface area contributed by atoms with Gasteiger partial charge in [0.1, 0.15) is 5.82 Å². The molecule has 3 fully saturated rings. The molecule has 0 amide bonds. The van der Waals surface area contributed by atoms with Crippen molar-refractivity contribution in [1.29, 1.82) is 0 Å². The Balaban J connectivity index is 1.06. The van der Waals surface area contributed by atoms with Gasteiger partial charge in [0.2, 0.25) is 0 Å². The van der Waals surface area contributed by atoms with E-state index in [1.165, 1.54) is 43.5 Å². The quantitative estimate of drug-likeness (QED) is 0.610. The van der Waals surface area contributed by atoms with Crippen LogP contribution in [-0.4, -0.2) is 50.8 Å². The van der Waals surface area contributed by atoms with Crippen molar-refractivity contribution in [3.8, 4) is 0 Å². The Morgan fingerprint density at radius 3 is 2.41 bits per heavy atom. The number of nitrogens with one attached hydrogen (secondary N) is 1. The molecule has 2 aliphatic heterocycles. The summed E-state index contributed by atoms with van der Waals surface area (Å²) >= 11 is 0. The van der Waals surface area contributed by atoms with Crippen molar-refractivity contribution in [1.82, 2.24) is 4.90 Å². The SMILES string of the molecule is CCCCc1ccc(CN2CC3C(CNc4ccc(N5CCOCC5)c(F)c4)C3C2)cc1. The van der Waals surface area contributed by atoms with Crippen LogP contribution in [0.5, 0.6) is 0 Å². The minimum absolute atomic E-state index is 0.139. The molecule has 0 bridgehead atoms. The molecule has 2 saturated heterocycles. The largest absolute Gasteiger partial charge is 0.385 e. The van der Waals surface area contributed by atoms with Crippen LogP contribution in [-0.2, 0) is 17.7 Å². The number of benzene rings is 2. The Kier molecular flexibility index (Phi) is 6.65. The van der Waals surface area contributed by atoms with E-state index in [1.807, 2.05) is 12.1 Å². The molecule has 1 aliphatic carbocycles. The average molecular weight is 438 g/mol. The van der Waals surface area contributed by atoms with Gasteiger partial charge in [-0.1, -0.05) is 37.6 Å². The highest BCUT2D eigenvalue weighted by molar-refractivity contribution is 5.56. The topological polar surface area (TPSA) is 27.7 Å². The first-order chi connectivity index (χ1) is 15.7. The van der Waals surface area contributed by atoms with Crippen molar-refractivity contribution < 1.29 is 9.13 Å². The molecule has 2 aromatic rings. The fourth-order valence-corrected chi connectivity index (χ4v) is 5.53. The molecule has 2 unspecified atom stereocenters. The van der Waals surface area contributed by atoms with Crippen LogP contribution < -0.4 is 10.2 Å². The van der Waals surface area contributed by atoms with Gasteiger partial charge in [-0.05, 0) is 59.9 Å². The number of ether oxygens (including phenoxy) is 1. The van der Waals surface area contributed by atoms with Gasteiger partial charge in [-0.25, -0.2) is 4.39 Å². The van der Waals surface area contributed by atoms with Crippen LogP contribution in [0.1, 0.15) is 30.9 Å². The zero-order valence-electron chi connectivity index (χ0n) is 19.2. The molecule has 4 nitrogen and oxygen atoms in total. The molecule has 1 N–H and O–H groups in total. The molecule has 0 spiro atoms. The number of rotatable bonds is 9. The van der Waals surface area contributed by atoms with Gasteiger partial charge in [0.05, 0.1) is 18.9 Å². The van der Waals surface area contributed by atoms with Gasteiger partial charge in [0.15, 0.2) is 0 Å². The van der Waals surface area contributed by atoms with Crippen molar-refractivity contribution >= 4 is 11.4 Å². The van der Waals surface area contributed by atoms with E-state index in [-0.39, 0.29) is 5.82 Å². The van der Waals surface area contributed by atoms with Crippen LogP contribution >= 0.6 is 0 Å². The maximum absolute atomic E-state index is 14.6. The normalized spacial score (nSPS) is 25.1. The second kappa shape index (κ2) is 9.80. The zero-order chi connectivity index (χ0) is 21.9. The molecule has 5 heteroatoms. The van der Waals surface area contributed by atoms with Crippen LogP contribution in [0.3, 0.4) is 0 Å². The zero-order valence-corrected chi connectivity index (χ0v) is 19.2. The Hall–Kier alpha value is -2.11. The molecular formula is C27H36FN3O. The predicted octanol–water partition coefficient (Wildman–Crippen LogP) is 4.79. The minimum Gasteiger partial charge on any atom is -0.385 e. The Morgan fingerprint density at radius 2 is 1.72 bits per heavy atom. The number of piperidine rings is 1. The van der Waals surface area contributed by atoms with Crippen molar-refractivity contribution in [3.63, 3.8) is 0 Å². The number of halogens is 1. The highest BCUT2D eigenvalue weighted by atomic mass is 19.1. The number of morpholine rings is 1. The second-order valence-corrected chi connectivity index (χ2v) is 9.75. The summed E-state index contributed by atoms with van der Waals surface area (Å²) in [6, 6.07) is 14.8. The number of hydrogen-bond donors (Lipinski definition) is 1. The lowest BCUT2D eigenvalue weighted by atomic mass is 10.1. The number of hydrogen-bond acceptors (Lipinski definition) is 4. The first-order valence-corrected chi connectivity index (χ1v) is 12.4. The Labute approximate surface area is 191 Å². The highest BCUT2D eigenvalue weighted by Gasteiger charge is 2.54. The van der Waals surface area contributed by atoms with Crippen LogP contribution in [0.15, 0.2) is 42.5 Å². The number of fused-ring (bicyclic) bond motifs is 1. The van der Waals surface area contributed by atoms with E-state index in [4.69, 9.17) is 4.74 Å². The fourth-order valence-electron chi connectivity index (χ4n) is 5.53. The lowest BCUT2D eigenvalue weighted by molar-refractivity contribution is 0.122. The lowest BCUT2D eigenvalue weighted by Crippen LogP contribution is -2.36. The van der Waals surface area contributed by atoms with Crippen LogP contribution in [0.25, 0.3) is 0 Å². The summed E-state index contributed by atoms with van der Waals surface area (Å²) in [5.41, 5.74) is 4.47. The average Bonchev–Trinajstić information content (AvgIpc) is 3.28. The standard InChI is InChI=1S/C27H36FN3O/c1-2-3-4-20-5-7-21(8-6-20)17-30-18-24-23(25(24)19-30)16-29-22-9-10-27(26(28)15-22)31-11-13-32-14-12-31/h5-10,15,23-25,29H,2-4,11-14,16-19H2,1H3. The second-order valence-electron chi connectivity index (χ2n) is 9.75. The van der Waals surface area contributed by atoms with E-state index in [1.54, 1.807) is 6.07 Å². The molecule has 5 rings (SSSR count). The molecule has 1 saturated carbocycles. The number of nitrogens with zero attached hydrogens (tertiary/aromatic N) is 2. The van der Waals surface area contributed by atoms with Gasteiger partial charge in [-0.15, -0.1) is 0 Å². The summed E-state index contributed by atoms with van der Waals surface area (Å²) < 4.78 is 20.0. The van der Waals surface area contributed by atoms with E-state index < -0.39 is 0 Å². The van der Waals surface area contributed by atoms with E-state index >= 15 is 0 Å². The van der Waals surface area contributed by atoms with Crippen molar-refractivity contribution in [2.24, 2.45) is 17.8 Å². The molecule has 2 heterocycles. The first kappa shape index (κ1) is 21.7. The van der Waals surface area contributed by atoms with Gasteiger partial charge < -0.3 is 15.0 Å². The van der Waals surface area contributed by atoms with Crippen LogP contribution in [0.4, 0.5) is 15.8 Å². The summed E-state index contributed by atoms with van der Waals surface area (Å²) in [5, 5.41) is 3.49. The van der Waals surface area contributed by atoms with Gasteiger partial charge in [0.25, 0.3) is 0 Å². The van der Waals surface area contributed by atoms with E-state index in [2.05, 4.69) is 46.3 Å². The third-order valence-electron chi connectivity index (χ3n) is 7.54. The predicted molar refractivity (Wildman–Crippen MR) is 129 cm³/mol. The van der Waals surface area contributed by atoms with Crippen molar-refractivity contribution in [2.45, 2.75) is 32.7 Å². The smallest absolute Gasteiger partial charge is 0.148 e. The molecule has 172 valence electrons. The molecular weight excluding hydrogens is 401 g/mol. The Bertz CT molecular complexity index is 884.